The summed E-state index contributed by atoms with van der Waals surface area (Å²) in [6.45, 7) is 3.80. The molecule has 0 saturated carbocycles. The van der Waals surface area contributed by atoms with Gasteiger partial charge in [-0.1, -0.05) is 12.2 Å². The fourth-order valence-electron chi connectivity index (χ4n) is 1.50. The number of hydrogen-bond donors (Lipinski definition) is 0. The van der Waals surface area contributed by atoms with E-state index >= 15 is 0 Å². The highest BCUT2D eigenvalue weighted by atomic mass is 16.5. The van der Waals surface area contributed by atoms with Crippen LogP contribution >= 0.6 is 0 Å². The van der Waals surface area contributed by atoms with Gasteiger partial charge in [-0.05, 0) is 6.42 Å². The SMILES string of the molecule is C=C1CC(C=O)O[C@H](CC(=O)OC)C1. The normalized spacial score (nSPS) is 27.1. The van der Waals surface area contributed by atoms with Crippen LogP contribution in [0.3, 0.4) is 0 Å². The minimum atomic E-state index is -0.453. The Bertz CT molecular complexity index is 247. The van der Waals surface area contributed by atoms with Crippen LogP contribution in [0.1, 0.15) is 19.3 Å². The summed E-state index contributed by atoms with van der Waals surface area (Å²) in [5, 5.41) is 0. The van der Waals surface area contributed by atoms with E-state index in [0.717, 1.165) is 11.9 Å². The van der Waals surface area contributed by atoms with Gasteiger partial charge in [0.15, 0.2) is 0 Å². The fraction of sp³-hybridized carbons (Fsp3) is 0.600. The second-order valence-electron chi connectivity index (χ2n) is 3.37. The molecular weight excluding hydrogens is 184 g/mol. The van der Waals surface area contributed by atoms with Gasteiger partial charge in [-0.25, -0.2) is 0 Å². The summed E-state index contributed by atoms with van der Waals surface area (Å²) in [6.07, 6.45) is 1.39. The average Bonchev–Trinajstić information content (AvgIpc) is 2.16. The number of carbonyl (C=O) groups is 2. The summed E-state index contributed by atoms with van der Waals surface area (Å²) in [6, 6.07) is 0. The van der Waals surface area contributed by atoms with E-state index < -0.39 is 6.10 Å². The maximum Gasteiger partial charge on any atom is 0.308 e. The summed E-state index contributed by atoms with van der Waals surface area (Å²) in [7, 11) is 1.33. The van der Waals surface area contributed by atoms with Gasteiger partial charge in [0.25, 0.3) is 0 Å². The predicted octanol–water partition coefficient (Wildman–Crippen LogP) is 0.852. The lowest BCUT2D eigenvalue weighted by molar-refractivity contribution is -0.147. The van der Waals surface area contributed by atoms with Crippen LogP contribution in [0.5, 0.6) is 0 Å². The molecule has 0 radical (unpaired) electrons. The molecule has 0 bridgehead atoms. The second-order valence-corrected chi connectivity index (χ2v) is 3.37. The minimum Gasteiger partial charge on any atom is -0.469 e. The first kappa shape index (κ1) is 10.9. The van der Waals surface area contributed by atoms with Crippen molar-refractivity contribution in [3.8, 4) is 0 Å². The van der Waals surface area contributed by atoms with Crippen molar-refractivity contribution in [1.29, 1.82) is 0 Å². The third-order valence-corrected chi connectivity index (χ3v) is 2.15. The van der Waals surface area contributed by atoms with Gasteiger partial charge in [0.1, 0.15) is 12.4 Å². The Morgan fingerprint density at radius 1 is 1.71 bits per heavy atom. The third kappa shape index (κ3) is 2.96. The number of carbonyl (C=O) groups excluding carboxylic acids is 2. The van der Waals surface area contributed by atoms with Crippen LogP contribution in [-0.4, -0.2) is 31.6 Å². The van der Waals surface area contributed by atoms with Crippen molar-refractivity contribution in [2.24, 2.45) is 0 Å². The van der Waals surface area contributed by atoms with Gasteiger partial charge < -0.3 is 14.3 Å². The monoisotopic (exact) mass is 198 g/mol. The van der Waals surface area contributed by atoms with Crippen molar-refractivity contribution in [3.05, 3.63) is 12.2 Å². The smallest absolute Gasteiger partial charge is 0.308 e. The van der Waals surface area contributed by atoms with E-state index in [0.29, 0.717) is 12.8 Å². The molecule has 4 nitrogen and oxygen atoms in total. The Morgan fingerprint density at radius 2 is 2.43 bits per heavy atom. The molecule has 0 aromatic heterocycles. The first-order valence-corrected chi connectivity index (χ1v) is 4.50. The molecule has 1 aliphatic rings. The maximum atomic E-state index is 11.0. The summed E-state index contributed by atoms with van der Waals surface area (Å²) in [5.41, 5.74) is 0.947. The molecule has 0 aromatic rings. The molecule has 2 atom stereocenters. The molecule has 78 valence electrons. The van der Waals surface area contributed by atoms with Gasteiger partial charge in [-0.15, -0.1) is 0 Å². The zero-order valence-electron chi connectivity index (χ0n) is 8.19. The predicted molar refractivity (Wildman–Crippen MR) is 49.7 cm³/mol. The Balaban J connectivity index is 2.48. The molecule has 1 rings (SSSR count). The van der Waals surface area contributed by atoms with Crippen LogP contribution in [0.4, 0.5) is 0 Å². The Kier molecular flexibility index (Phi) is 3.83. The van der Waals surface area contributed by atoms with Gasteiger partial charge >= 0.3 is 5.97 Å². The summed E-state index contributed by atoms with van der Waals surface area (Å²) in [5.74, 6) is -0.325. The van der Waals surface area contributed by atoms with Crippen LogP contribution in [0.15, 0.2) is 12.2 Å². The Labute approximate surface area is 82.9 Å². The number of aldehydes is 1. The molecule has 0 spiro atoms. The molecule has 4 heteroatoms. The molecule has 0 aliphatic carbocycles. The lowest BCUT2D eigenvalue weighted by Crippen LogP contribution is -2.31. The first-order valence-electron chi connectivity index (χ1n) is 4.50. The molecule has 1 unspecified atom stereocenters. The average molecular weight is 198 g/mol. The Hall–Kier alpha value is -1.16. The van der Waals surface area contributed by atoms with Crippen LogP contribution in [0.25, 0.3) is 0 Å². The lowest BCUT2D eigenvalue weighted by Gasteiger charge is -2.27. The summed E-state index contributed by atoms with van der Waals surface area (Å²) in [4.78, 5) is 21.5. The number of ether oxygens (including phenoxy) is 2. The number of hydrogen-bond acceptors (Lipinski definition) is 4. The molecule has 1 fully saturated rings. The van der Waals surface area contributed by atoms with Crippen LogP contribution in [0, 0.1) is 0 Å². The van der Waals surface area contributed by atoms with E-state index in [9.17, 15) is 9.59 Å². The molecular formula is C10H14O4. The van der Waals surface area contributed by atoms with Gasteiger partial charge in [0.05, 0.1) is 19.6 Å². The highest BCUT2D eigenvalue weighted by Crippen LogP contribution is 2.24. The largest absolute Gasteiger partial charge is 0.469 e. The topological polar surface area (TPSA) is 52.6 Å². The van der Waals surface area contributed by atoms with E-state index in [1.165, 1.54) is 7.11 Å². The van der Waals surface area contributed by atoms with Crippen molar-refractivity contribution in [3.63, 3.8) is 0 Å². The van der Waals surface area contributed by atoms with Crippen molar-refractivity contribution in [2.75, 3.05) is 7.11 Å². The van der Waals surface area contributed by atoms with Crippen molar-refractivity contribution in [1.82, 2.24) is 0 Å². The highest BCUT2D eigenvalue weighted by Gasteiger charge is 2.26. The minimum absolute atomic E-state index is 0.180. The Morgan fingerprint density at radius 3 is 3.00 bits per heavy atom. The molecule has 0 aromatic carbocycles. The number of esters is 1. The number of methoxy groups -OCH3 is 1. The van der Waals surface area contributed by atoms with Crippen molar-refractivity contribution >= 4 is 12.3 Å². The summed E-state index contributed by atoms with van der Waals surface area (Å²) < 4.78 is 9.87. The van der Waals surface area contributed by atoms with Crippen LogP contribution < -0.4 is 0 Å². The fourth-order valence-corrected chi connectivity index (χ4v) is 1.50. The third-order valence-electron chi connectivity index (χ3n) is 2.15. The molecule has 0 amide bonds. The van der Waals surface area contributed by atoms with Crippen LogP contribution in [-0.2, 0) is 19.1 Å². The van der Waals surface area contributed by atoms with Gasteiger partial charge in [0.2, 0.25) is 0 Å². The zero-order valence-corrected chi connectivity index (χ0v) is 8.19. The van der Waals surface area contributed by atoms with Crippen LogP contribution in [0.2, 0.25) is 0 Å². The molecule has 1 saturated heterocycles. The standard InChI is InChI=1S/C10H14O4/c1-7-3-8(5-10(12)13-2)14-9(4-7)6-11/h6,8-9H,1,3-5H2,2H3/t8-,9?/m0/s1. The second kappa shape index (κ2) is 4.91. The van der Waals surface area contributed by atoms with E-state index in [1.54, 1.807) is 0 Å². The van der Waals surface area contributed by atoms with E-state index in [-0.39, 0.29) is 18.5 Å². The quantitative estimate of drug-likeness (QED) is 0.383. The van der Waals surface area contributed by atoms with Gasteiger partial charge in [-0.2, -0.15) is 0 Å². The zero-order chi connectivity index (χ0) is 10.6. The highest BCUT2D eigenvalue weighted by molar-refractivity contribution is 5.70. The van der Waals surface area contributed by atoms with Crippen molar-refractivity contribution in [2.45, 2.75) is 31.5 Å². The molecule has 0 N–H and O–H groups in total. The maximum absolute atomic E-state index is 11.0. The van der Waals surface area contributed by atoms with Crippen molar-refractivity contribution < 1.29 is 19.1 Å². The first-order chi connectivity index (χ1) is 6.65. The van der Waals surface area contributed by atoms with Gasteiger partial charge in [0, 0.05) is 6.42 Å². The molecule has 14 heavy (non-hydrogen) atoms. The van der Waals surface area contributed by atoms with E-state index in [2.05, 4.69) is 11.3 Å². The lowest BCUT2D eigenvalue weighted by atomic mass is 9.98. The number of rotatable bonds is 3. The summed E-state index contributed by atoms with van der Waals surface area (Å²) >= 11 is 0. The van der Waals surface area contributed by atoms with E-state index in [4.69, 9.17) is 4.74 Å². The molecule has 1 heterocycles. The molecule has 1 aliphatic heterocycles. The van der Waals surface area contributed by atoms with E-state index in [1.807, 2.05) is 0 Å². The van der Waals surface area contributed by atoms with Gasteiger partial charge in [-0.3, -0.25) is 4.79 Å².